The van der Waals surface area contributed by atoms with Gasteiger partial charge in [-0.3, -0.25) is 0 Å². The lowest BCUT2D eigenvalue weighted by atomic mass is 10.0. The van der Waals surface area contributed by atoms with E-state index in [1.807, 2.05) is 18.2 Å². The van der Waals surface area contributed by atoms with Crippen molar-refractivity contribution in [2.24, 2.45) is 0 Å². The van der Waals surface area contributed by atoms with E-state index in [1.165, 1.54) is 22.5 Å². The Labute approximate surface area is 189 Å². The lowest BCUT2D eigenvalue weighted by Gasteiger charge is -2.36. The minimum atomic E-state index is 0.450. The Morgan fingerprint density at radius 2 is 1.68 bits per heavy atom. The highest BCUT2D eigenvalue weighted by Crippen LogP contribution is 2.23. The van der Waals surface area contributed by atoms with E-state index in [1.54, 1.807) is 0 Å². The van der Waals surface area contributed by atoms with Gasteiger partial charge in [0.25, 0.3) is 0 Å². The molecule has 3 nitrogen and oxygen atoms in total. The van der Waals surface area contributed by atoms with Gasteiger partial charge in [0.05, 0.1) is 17.5 Å². The van der Waals surface area contributed by atoms with Gasteiger partial charge in [0, 0.05) is 19.1 Å². The van der Waals surface area contributed by atoms with Crippen molar-refractivity contribution in [1.82, 2.24) is 10.2 Å². The smallest absolute Gasteiger partial charge is 0.0995 e. The molecule has 3 heteroatoms. The van der Waals surface area contributed by atoms with Crippen molar-refractivity contribution in [2.75, 3.05) is 0 Å². The molecule has 0 amide bonds. The van der Waals surface area contributed by atoms with E-state index in [9.17, 15) is 5.26 Å². The third kappa shape index (κ3) is 6.89. The maximum Gasteiger partial charge on any atom is 0.0995 e. The van der Waals surface area contributed by atoms with Crippen LogP contribution in [-0.2, 0) is 13.1 Å². The predicted molar refractivity (Wildman–Crippen MR) is 131 cm³/mol. The molecule has 0 aliphatic carbocycles. The second-order valence-corrected chi connectivity index (χ2v) is 8.34. The van der Waals surface area contributed by atoms with E-state index in [2.05, 4.69) is 81.2 Å². The number of rotatable bonds is 12. The Kier molecular flexibility index (Phi) is 10.2. The lowest BCUT2D eigenvalue weighted by molar-refractivity contribution is 0.201. The van der Waals surface area contributed by atoms with Crippen LogP contribution in [0, 0.1) is 25.2 Å². The van der Waals surface area contributed by atoms with Gasteiger partial charge in [0.1, 0.15) is 0 Å². The molecule has 0 aromatic heterocycles. The van der Waals surface area contributed by atoms with E-state index in [-0.39, 0.29) is 0 Å². The second-order valence-electron chi connectivity index (χ2n) is 8.34. The van der Waals surface area contributed by atoms with Crippen LogP contribution in [0.4, 0.5) is 0 Å². The molecule has 0 aliphatic rings. The summed E-state index contributed by atoms with van der Waals surface area (Å²) in [5, 5.41) is 13.4. The van der Waals surface area contributed by atoms with E-state index in [4.69, 9.17) is 0 Å². The Morgan fingerprint density at radius 1 is 1.00 bits per heavy atom. The van der Waals surface area contributed by atoms with Crippen molar-refractivity contribution in [1.29, 1.82) is 5.26 Å². The zero-order chi connectivity index (χ0) is 22.6. The minimum Gasteiger partial charge on any atom is -0.368 e. The van der Waals surface area contributed by atoms with Crippen molar-refractivity contribution in [3.05, 3.63) is 82.2 Å². The first-order valence-corrected chi connectivity index (χ1v) is 11.8. The van der Waals surface area contributed by atoms with Gasteiger partial charge < -0.3 is 10.2 Å². The number of nitrogens with one attached hydrogen (secondary N) is 1. The van der Waals surface area contributed by atoms with Gasteiger partial charge in [-0.1, -0.05) is 70.0 Å². The van der Waals surface area contributed by atoms with Crippen molar-refractivity contribution >= 4 is 0 Å². The van der Waals surface area contributed by atoms with Crippen LogP contribution >= 0.6 is 0 Å². The summed E-state index contributed by atoms with van der Waals surface area (Å²) < 4.78 is 0. The molecule has 0 unspecified atom stereocenters. The van der Waals surface area contributed by atoms with E-state index < -0.39 is 0 Å². The molecule has 0 heterocycles. The third-order valence-corrected chi connectivity index (χ3v) is 6.05. The fraction of sp³-hybridized carbons (Fsp3) is 0.464. The first-order chi connectivity index (χ1) is 15.0. The van der Waals surface area contributed by atoms with E-state index in [0.29, 0.717) is 6.04 Å². The topological polar surface area (TPSA) is 39.1 Å². The molecule has 31 heavy (non-hydrogen) atoms. The average Bonchev–Trinajstić information content (AvgIpc) is 2.78. The molecule has 0 atom stereocenters. The molecular formula is C28H39N3. The Hall–Kier alpha value is -2.73. The summed E-state index contributed by atoms with van der Waals surface area (Å²) in [6, 6.07) is 17.4. The first kappa shape index (κ1) is 24.5. The Bertz CT molecular complexity index is 885. The molecule has 0 saturated carbocycles. The molecule has 0 spiro atoms. The average molecular weight is 418 g/mol. The molecule has 0 bridgehead atoms. The van der Waals surface area contributed by atoms with Crippen LogP contribution in [0.15, 0.2) is 54.4 Å². The highest BCUT2D eigenvalue weighted by atomic mass is 15.3. The van der Waals surface area contributed by atoms with Crippen LogP contribution in [0.3, 0.4) is 0 Å². The number of hydrogen-bond donors (Lipinski definition) is 1. The molecule has 2 aromatic rings. The van der Waals surface area contributed by atoms with Crippen LogP contribution < -0.4 is 5.32 Å². The van der Waals surface area contributed by atoms with Crippen LogP contribution in [0.1, 0.15) is 80.7 Å². The molecule has 166 valence electrons. The summed E-state index contributed by atoms with van der Waals surface area (Å²) in [4.78, 5) is 2.51. The summed E-state index contributed by atoms with van der Waals surface area (Å²) in [5.74, 6) is 1.18. The third-order valence-electron chi connectivity index (χ3n) is 6.05. The van der Waals surface area contributed by atoms with E-state index >= 15 is 0 Å². The summed E-state index contributed by atoms with van der Waals surface area (Å²) in [7, 11) is 0. The number of hydrogen-bond acceptors (Lipinski definition) is 3. The Morgan fingerprint density at radius 3 is 2.32 bits per heavy atom. The fourth-order valence-electron chi connectivity index (χ4n) is 4.16. The van der Waals surface area contributed by atoms with Gasteiger partial charge in [0.2, 0.25) is 0 Å². The van der Waals surface area contributed by atoms with Crippen molar-refractivity contribution < 1.29 is 0 Å². The fourth-order valence-corrected chi connectivity index (χ4v) is 4.16. The lowest BCUT2D eigenvalue weighted by Crippen LogP contribution is -2.39. The Balaban J connectivity index is 2.38. The van der Waals surface area contributed by atoms with Gasteiger partial charge >= 0.3 is 0 Å². The molecular weight excluding hydrogens is 378 g/mol. The maximum absolute atomic E-state index is 9.63. The number of allylic oxidation sites excluding steroid dienone is 1. The first-order valence-electron chi connectivity index (χ1n) is 11.8. The normalized spacial score (nSPS) is 11.5. The number of benzene rings is 2. The van der Waals surface area contributed by atoms with Crippen molar-refractivity contribution in [3.8, 4) is 6.07 Å². The zero-order valence-electron chi connectivity index (χ0n) is 20.0. The molecule has 2 aromatic carbocycles. The minimum absolute atomic E-state index is 0.450. The maximum atomic E-state index is 9.63. The molecule has 0 saturated heterocycles. The molecule has 0 radical (unpaired) electrons. The van der Waals surface area contributed by atoms with Crippen LogP contribution in [0.25, 0.3) is 0 Å². The van der Waals surface area contributed by atoms with Crippen molar-refractivity contribution in [2.45, 2.75) is 85.9 Å². The van der Waals surface area contributed by atoms with Gasteiger partial charge in [-0.25, -0.2) is 0 Å². The highest BCUT2D eigenvalue weighted by Gasteiger charge is 2.21. The predicted octanol–water partition coefficient (Wildman–Crippen LogP) is 6.99. The molecule has 0 aliphatic heterocycles. The zero-order valence-corrected chi connectivity index (χ0v) is 20.0. The SMILES string of the molecule is CC/C=C(/NCc1cccc(C)c1C)N(Cc1ccccc1C#N)C(CCC)CCC. The quantitative estimate of drug-likeness (QED) is 0.404. The van der Waals surface area contributed by atoms with Crippen LogP contribution in [0.5, 0.6) is 0 Å². The van der Waals surface area contributed by atoms with Crippen molar-refractivity contribution in [3.63, 3.8) is 0 Å². The van der Waals surface area contributed by atoms with E-state index in [0.717, 1.165) is 56.3 Å². The van der Waals surface area contributed by atoms with Gasteiger partial charge in [-0.15, -0.1) is 0 Å². The standard InChI is InChI=1S/C28H39N3/c1-6-12-27(13-7-2)31(21-26-17-10-9-16-24(26)19-29)28(14-8-3)30-20-25-18-11-15-22(4)23(25)5/h9-11,14-18,27,30H,6-8,12-13,20-21H2,1-5H3/b28-14-. The number of aryl methyl sites for hydroxylation is 1. The molecule has 0 fully saturated rings. The number of nitriles is 1. The monoisotopic (exact) mass is 417 g/mol. The summed E-state index contributed by atoms with van der Waals surface area (Å²) in [5.41, 5.74) is 5.88. The largest absolute Gasteiger partial charge is 0.368 e. The van der Waals surface area contributed by atoms with Crippen LogP contribution in [-0.4, -0.2) is 10.9 Å². The molecule has 2 rings (SSSR count). The summed E-state index contributed by atoms with van der Waals surface area (Å²) in [6.07, 6.45) is 7.87. The van der Waals surface area contributed by atoms with Gasteiger partial charge in [-0.05, 0) is 67.5 Å². The number of nitrogens with zero attached hydrogens (tertiary/aromatic N) is 2. The van der Waals surface area contributed by atoms with Gasteiger partial charge in [0.15, 0.2) is 0 Å². The highest BCUT2D eigenvalue weighted by molar-refractivity contribution is 5.38. The second kappa shape index (κ2) is 12.8. The molecule has 1 N–H and O–H groups in total. The van der Waals surface area contributed by atoms with Gasteiger partial charge in [-0.2, -0.15) is 5.26 Å². The van der Waals surface area contributed by atoms with Crippen LogP contribution in [0.2, 0.25) is 0 Å². The summed E-state index contributed by atoms with van der Waals surface area (Å²) in [6.45, 7) is 12.6. The summed E-state index contributed by atoms with van der Waals surface area (Å²) >= 11 is 0.